The Kier molecular flexibility index (Phi) is 5.61. The fourth-order valence-electron chi connectivity index (χ4n) is 1.71. The third-order valence-corrected chi connectivity index (χ3v) is 2.96. The van der Waals surface area contributed by atoms with E-state index in [2.05, 4.69) is 10.6 Å². The van der Waals surface area contributed by atoms with Crippen LogP contribution in [0, 0.1) is 5.92 Å². The van der Waals surface area contributed by atoms with E-state index in [1.807, 2.05) is 6.92 Å². The van der Waals surface area contributed by atoms with Crippen LogP contribution in [-0.2, 0) is 9.59 Å². The molecule has 1 atom stereocenters. The minimum Gasteiger partial charge on any atom is -0.481 e. The minimum atomic E-state index is -1.05. The summed E-state index contributed by atoms with van der Waals surface area (Å²) < 4.78 is 0. The van der Waals surface area contributed by atoms with Gasteiger partial charge in [-0.05, 0) is 18.8 Å². The molecule has 0 spiro atoms. The average molecular weight is 256 g/mol. The second kappa shape index (κ2) is 6.98. The van der Waals surface area contributed by atoms with E-state index >= 15 is 0 Å². The molecule has 1 aliphatic carbocycles. The first-order chi connectivity index (χ1) is 8.51. The molecule has 1 aliphatic rings. The average Bonchev–Trinajstić information content (AvgIpc) is 3.09. The van der Waals surface area contributed by atoms with Gasteiger partial charge in [0.2, 0.25) is 5.91 Å². The number of hydrogen-bond donors (Lipinski definition) is 3. The highest BCUT2D eigenvalue weighted by molar-refractivity contribution is 5.95. The predicted octanol–water partition coefficient (Wildman–Crippen LogP) is 1.26. The topological polar surface area (TPSA) is 95.5 Å². The molecule has 0 aromatic heterocycles. The van der Waals surface area contributed by atoms with Gasteiger partial charge >= 0.3 is 12.0 Å². The van der Waals surface area contributed by atoms with Crippen LogP contribution in [-0.4, -0.2) is 29.1 Å². The van der Waals surface area contributed by atoms with Crippen molar-refractivity contribution in [3.05, 3.63) is 0 Å². The van der Waals surface area contributed by atoms with Gasteiger partial charge in [0.1, 0.15) is 0 Å². The molecule has 6 nitrogen and oxygen atoms in total. The van der Waals surface area contributed by atoms with Crippen molar-refractivity contribution in [3.8, 4) is 0 Å². The molecule has 1 rings (SSSR count). The van der Waals surface area contributed by atoms with E-state index in [9.17, 15) is 14.4 Å². The zero-order valence-corrected chi connectivity index (χ0v) is 10.6. The van der Waals surface area contributed by atoms with Gasteiger partial charge in [-0.1, -0.05) is 19.8 Å². The number of aliphatic carboxylic acids is 1. The lowest BCUT2D eigenvalue weighted by atomic mass is 10.1. The van der Waals surface area contributed by atoms with E-state index < -0.39 is 17.9 Å². The van der Waals surface area contributed by atoms with Crippen LogP contribution >= 0.6 is 0 Å². The Bertz CT molecular complexity index is 326. The third kappa shape index (κ3) is 6.22. The second-order valence-electron chi connectivity index (χ2n) is 4.70. The van der Waals surface area contributed by atoms with E-state index in [1.54, 1.807) is 0 Å². The van der Waals surface area contributed by atoms with Crippen LogP contribution < -0.4 is 10.6 Å². The largest absolute Gasteiger partial charge is 0.481 e. The number of urea groups is 1. The molecule has 1 saturated carbocycles. The van der Waals surface area contributed by atoms with Gasteiger partial charge in [-0.2, -0.15) is 0 Å². The summed E-state index contributed by atoms with van der Waals surface area (Å²) in [5.41, 5.74) is 0. The first-order valence-electron chi connectivity index (χ1n) is 6.33. The molecule has 0 aliphatic heterocycles. The molecule has 0 aromatic rings. The lowest BCUT2D eigenvalue weighted by molar-refractivity contribution is -0.138. The number of hydrogen-bond acceptors (Lipinski definition) is 3. The molecular weight excluding hydrogens is 236 g/mol. The molecule has 3 amide bonds. The smallest absolute Gasteiger partial charge is 0.321 e. The van der Waals surface area contributed by atoms with Crippen LogP contribution in [0.15, 0.2) is 0 Å². The van der Waals surface area contributed by atoms with E-state index in [-0.39, 0.29) is 18.9 Å². The Morgan fingerprint density at radius 1 is 1.28 bits per heavy atom. The van der Waals surface area contributed by atoms with Crippen LogP contribution in [0.5, 0.6) is 0 Å². The number of imide groups is 1. The van der Waals surface area contributed by atoms with Crippen molar-refractivity contribution < 1.29 is 19.5 Å². The normalized spacial score (nSPS) is 15.8. The lowest BCUT2D eigenvalue weighted by Gasteiger charge is -2.16. The maximum Gasteiger partial charge on any atom is 0.321 e. The monoisotopic (exact) mass is 256 g/mol. The van der Waals surface area contributed by atoms with Gasteiger partial charge in [0, 0.05) is 12.5 Å². The molecule has 18 heavy (non-hydrogen) atoms. The van der Waals surface area contributed by atoms with Crippen LogP contribution in [0.2, 0.25) is 0 Å². The maximum atomic E-state index is 11.5. The molecule has 3 N–H and O–H groups in total. The highest BCUT2D eigenvalue weighted by Gasteiger charge is 2.25. The predicted molar refractivity (Wildman–Crippen MR) is 65.0 cm³/mol. The van der Waals surface area contributed by atoms with E-state index in [0.29, 0.717) is 5.92 Å². The summed E-state index contributed by atoms with van der Waals surface area (Å²) in [4.78, 5) is 33.0. The van der Waals surface area contributed by atoms with E-state index in [1.165, 1.54) is 12.8 Å². The van der Waals surface area contributed by atoms with Gasteiger partial charge in [-0.15, -0.1) is 0 Å². The number of carbonyl (C=O) groups excluding carboxylic acids is 2. The highest BCUT2D eigenvalue weighted by Crippen LogP contribution is 2.33. The number of carbonyl (C=O) groups is 3. The van der Waals surface area contributed by atoms with E-state index in [4.69, 9.17) is 5.11 Å². The Hall–Kier alpha value is -1.59. The molecular formula is C12H20N2O4. The van der Waals surface area contributed by atoms with Crippen molar-refractivity contribution in [1.29, 1.82) is 0 Å². The van der Waals surface area contributed by atoms with Crippen molar-refractivity contribution >= 4 is 17.9 Å². The third-order valence-electron chi connectivity index (χ3n) is 2.96. The molecule has 0 bridgehead atoms. The van der Waals surface area contributed by atoms with Crippen molar-refractivity contribution in [2.24, 2.45) is 5.92 Å². The standard InChI is InChI=1S/C12H20N2O4/c1-2-9(7-8-3-4-8)13-12(18)14-10(15)5-6-11(16)17/h8-9H,2-7H2,1H3,(H,16,17)(H2,13,14,15,18). The van der Waals surface area contributed by atoms with Gasteiger partial charge in [0.05, 0.1) is 6.42 Å². The first kappa shape index (κ1) is 14.5. The summed E-state index contributed by atoms with van der Waals surface area (Å²) >= 11 is 0. The second-order valence-corrected chi connectivity index (χ2v) is 4.70. The quantitative estimate of drug-likeness (QED) is 0.639. The van der Waals surface area contributed by atoms with Crippen molar-refractivity contribution in [3.63, 3.8) is 0 Å². The van der Waals surface area contributed by atoms with E-state index in [0.717, 1.165) is 12.8 Å². The zero-order valence-electron chi connectivity index (χ0n) is 10.6. The number of rotatable bonds is 7. The van der Waals surface area contributed by atoms with Crippen LogP contribution in [0.25, 0.3) is 0 Å². The number of amides is 3. The van der Waals surface area contributed by atoms with Gasteiger partial charge in [-0.3, -0.25) is 14.9 Å². The molecule has 0 radical (unpaired) electrons. The maximum absolute atomic E-state index is 11.5. The SMILES string of the molecule is CCC(CC1CC1)NC(=O)NC(=O)CCC(=O)O. The summed E-state index contributed by atoms with van der Waals surface area (Å²) in [6.45, 7) is 1.99. The summed E-state index contributed by atoms with van der Waals surface area (Å²) in [5.74, 6) is -0.903. The lowest BCUT2D eigenvalue weighted by Crippen LogP contribution is -2.44. The summed E-state index contributed by atoms with van der Waals surface area (Å²) in [5, 5.41) is 13.3. The molecule has 0 heterocycles. The molecule has 1 unspecified atom stereocenters. The molecule has 102 valence electrons. The first-order valence-corrected chi connectivity index (χ1v) is 6.33. The van der Waals surface area contributed by atoms with Gasteiger partial charge in [-0.25, -0.2) is 4.79 Å². The van der Waals surface area contributed by atoms with Gasteiger partial charge in [0.25, 0.3) is 0 Å². The summed E-state index contributed by atoms with van der Waals surface area (Å²) in [6.07, 6.45) is 3.77. The molecule has 0 saturated heterocycles. The van der Waals surface area contributed by atoms with Crippen molar-refractivity contribution in [2.45, 2.75) is 51.5 Å². The van der Waals surface area contributed by atoms with Gasteiger partial charge < -0.3 is 10.4 Å². The Balaban J connectivity index is 2.21. The summed E-state index contributed by atoms with van der Waals surface area (Å²) in [7, 11) is 0. The zero-order chi connectivity index (χ0) is 13.5. The number of carboxylic acid groups (broad SMARTS) is 1. The minimum absolute atomic E-state index is 0.0878. The van der Waals surface area contributed by atoms with Gasteiger partial charge in [0.15, 0.2) is 0 Å². The van der Waals surface area contributed by atoms with Crippen LogP contribution in [0.4, 0.5) is 4.79 Å². The van der Waals surface area contributed by atoms with Crippen molar-refractivity contribution in [1.82, 2.24) is 10.6 Å². The Labute approximate surface area is 106 Å². The molecule has 1 fully saturated rings. The number of carboxylic acids is 1. The van der Waals surface area contributed by atoms with Crippen LogP contribution in [0.1, 0.15) is 45.4 Å². The van der Waals surface area contributed by atoms with Crippen LogP contribution in [0.3, 0.4) is 0 Å². The molecule has 0 aromatic carbocycles. The summed E-state index contributed by atoms with van der Waals surface area (Å²) in [6, 6.07) is -0.442. The van der Waals surface area contributed by atoms with Crippen molar-refractivity contribution in [2.75, 3.05) is 0 Å². The Morgan fingerprint density at radius 2 is 1.94 bits per heavy atom. The highest BCUT2D eigenvalue weighted by atomic mass is 16.4. The fraction of sp³-hybridized carbons (Fsp3) is 0.750. The Morgan fingerprint density at radius 3 is 2.44 bits per heavy atom. The fourth-order valence-corrected chi connectivity index (χ4v) is 1.71. The molecule has 6 heteroatoms. The number of nitrogens with one attached hydrogen (secondary N) is 2.